The molecule has 0 N–H and O–H groups in total. The number of unbranched alkanes of at least 4 members (excludes halogenated alkanes) is 2. The van der Waals surface area contributed by atoms with E-state index in [1.54, 1.807) is 0 Å². The zero-order valence-electron chi connectivity index (χ0n) is 26.1. The standard InChI is InChI=1S/C36H54N2O2/c1-7-9-11-15-27(3)28(4)29-23-30(24-31(39)16-14-21-37-19-12-10-13-20-37)35-32-26-38(18-8-2)22-17-33(32)36(5,6)40-34(35)25-29/h2,23,25,27-28H,7,9-22,24,26H2,1,3-6H3. The molecule has 2 atom stereocenters. The highest BCUT2D eigenvalue weighted by atomic mass is 16.5. The molecule has 40 heavy (non-hydrogen) atoms. The molecule has 0 aliphatic carbocycles. The average molecular weight is 547 g/mol. The number of benzene rings is 1. The molecule has 1 aromatic rings. The van der Waals surface area contributed by atoms with Crippen molar-refractivity contribution in [3.63, 3.8) is 0 Å². The Bertz CT molecular complexity index is 1090. The van der Waals surface area contributed by atoms with Crippen LogP contribution in [0.5, 0.6) is 5.75 Å². The maximum Gasteiger partial charge on any atom is 0.137 e. The first kappa shape index (κ1) is 30.9. The maximum absolute atomic E-state index is 13.5. The minimum absolute atomic E-state index is 0.350. The van der Waals surface area contributed by atoms with E-state index in [4.69, 9.17) is 11.2 Å². The van der Waals surface area contributed by atoms with E-state index in [0.29, 0.717) is 37.0 Å². The lowest BCUT2D eigenvalue weighted by Gasteiger charge is -2.43. The number of terminal acetylenes is 1. The van der Waals surface area contributed by atoms with E-state index in [1.807, 2.05) is 0 Å². The van der Waals surface area contributed by atoms with Crippen molar-refractivity contribution in [1.82, 2.24) is 9.80 Å². The van der Waals surface area contributed by atoms with E-state index < -0.39 is 0 Å². The molecule has 0 bridgehead atoms. The molecule has 4 nitrogen and oxygen atoms in total. The van der Waals surface area contributed by atoms with Crippen LogP contribution in [0.3, 0.4) is 0 Å². The molecular weight excluding hydrogens is 492 g/mol. The van der Waals surface area contributed by atoms with Crippen molar-refractivity contribution >= 4 is 11.4 Å². The molecule has 0 aromatic heterocycles. The molecule has 1 saturated heterocycles. The molecule has 2 unspecified atom stereocenters. The summed E-state index contributed by atoms with van der Waals surface area (Å²) in [4.78, 5) is 18.4. The van der Waals surface area contributed by atoms with Crippen molar-refractivity contribution in [3.8, 4) is 18.1 Å². The Kier molecular flexibility index (Phi) is 10.9. The van der Waals surface area contributed by atoms with Crippen LogP contribution >= 0.6 is 0 Å². The summed E-state index contributed by atoms with van der Waals surface area (Å²) in [5.41, 5.74) is 6.02. The van der Waals surface area contributed by atoms with E-state index in [0.717, 1.165) is 43.8 Å². The van der Waals surface area contributed by atoms with Gasteiger partial charge in [-0.2, -0.15) is 0 Å². The number of nitrogens with zero attached hydrogens (tertiary/aromatic N) is 2. The lowest BCUT2D eigenvalue weighted by Crippen LogP contribution is -2.42. The number of ketones is 1. The van der Waals surface area contributed by atoms with Crippen LogP contribution in [0.4, 0.5) is 0 Å². The van der Waals surface area contributed by atoms with E-state index in [9.17, 15) is 4.79 Å². The molecule has 4 heteroatoms. The van der Waals surface area contributed by atoms with Gasteiger partial charge in [-0.3, -0.25) is 9.69 Å². The lowest BCUT2D eigenvalue weighted by atomic mass is 9.77. The first-order chi connectivity index (χ1) is 19.2. The number of hydrogen-bond donors (Lipinski definition) is 0. The molecule has 220 valence electrons. The zero-order chi connectivity index (χ0) is 28.7. The lowest BCUT2D eigenvalue weighted by molar-refractivity contribution is -0.118. The summed E-state index contributed by atoms with van der Waals surface area (Å²) < 4.78 is 6.80. The molecule has 1 fully saturated rings. The van der Waals surface area contributed by atoms with E-state index in [1.165, 1.54) is 80.3 Å². The first-order valence-corrected chi connectivity index (χ1v) is 16.2. The van der Waals surface area contributed by atoms with Crippen molar-refractivity contribution in [2.24, 2.45) is 5.92 Å². The Balaban J connectivity index is 1.62. The second kappa shape index (κ2) is 14.2. The van der Waals surface area contributed by atoms with Crippen LogP contribution in [-0.4, -0.2) is 60.5 Å². The highest BCUT2D eigenvalue weighted by Crippen LogP contribution is 2.47. The average Bonchev–Trinajstić information content (AvgIpc) is 2.92. The Morgan fingerprint density at radius 2 is 1.85 bits per heavy atom. The SMILES string of the molecule is C#CCN1CCC2=C(C1)c1c(CC(=O)CCCN3CCCCC3)cc(C(C)C(C)CCCCC)cc1OC2(C)C. The fraction of sp³-hybridized carbons (Fsp3) is 0.694. The number of piperidine rings is 1. The molecule has 0 radical (unpaired) electrons. The summed E-state index contributed by atoms with van der Waals surface area (Å²) in [7, 11) is 0. The van der Waals surface area contributed by atoms with Crippen LogP contribution in [0, 0.1) is 18.3 Å². The zero-order valence-corrected chi connectivity index (χ0v) is 26.1. The predicted molar refractivity (Wildman–Crippen MR) is 168 cm³/mol. The van der Waals surface area contributed by atoms with Crippen molar-refractivity contribution in [3.05, 3.63) is 34.4 Å². The smallest absolute Gasteiger partial charge is 0.137 e. The molecule has 3 aliphatic heterocycles. The van der Waals surface area contributed by atoms with Gasteiger partial charge >= 0.3 is 0 Å². The number of rotatable bonds is 13. The number of carbonyl (C=O) groups excluding carboxylic acids is 1. The Morgan fingerprint density at radius 3 is 2.58 bits per heavy atom. The van der Waals surface area contributed by atoms with Crippen molar-refractivity contribution in [2.45, 2.75) is 117 Å². The molecule has 3 heterocycles. The quantitative estimate of drug-likeness (QED) is 0.188. The van der Waals surface area contributed by atoms with Gasteiger partial charge in [0.15, 0.2) is 0 Å². The number of hydrogen-bond acceptors (Lipinski definition) is 4. The van der Waals surface area contributed by atoms with Gasteiger partial charge in [-0.05, 0) is 99.3 Å². The Labute approximate surface area is 244 Å². The monoisotopic (exact) mass is 546 g/mol. The van der Waals surface area contributed by atoms with Crippen molar-refractivity contribution in [2.75, 3.05) is 39.3 Å². The Morgan fingerprint density at radius 1 is 1.07 bits per heavy atom. The Hall–Kier alpha value is -2.09. The van der Waals surface area contributed by atoms with Gasteiger partial charge in [0.05, 0.1) is 6.54 Å². The topological polar surface area (TPSA) is 32.8 Å². The predicted octanol–water partition coefficient (Wildman–Crippen LogP) is 7.65. The van der Waals surface area contributed by atoms with Crippen LogP contribution in [0.2, 0.25) is 0 Å². The maximum atomic E-state index is 13.5. The second-order valence-electron chi connectivity index (χ2n) is 13.3. The van der Waals surface area contributed by atoms with E-state index in [-0.39, 0.29) is 5.60 Å². The number of ether oxygens (including phenoxy) is 1. The van der Waals surface area contributed by atoms with Crippen LogP contribution in [-0.2, 0) is 11.2 Å². The molecule has 1 aromatic carbocycles. The number of fused-ring (bicyclic) bond motifs is 2. The van der Waals surface area contributed by atoms with Gasteiger partial charge in [0, 0.05) is 31.5 Å². The summed E-state index contributed by atoms with van der Waals surface area (Å²) in [6, 6.07) is 4.65. The summed E-state index contributed by atoms with van der Waals surface area (Å²) in [5.74, 6) is 5.17. The first-order valence-electron chi connectivity index (χ1n) is 16.2. The van der Waals surface area contributed by atoms with Crippen molar-refractivity contribution in [1.29, 1.82) is 0 Å². The fourth-order valence-corrected chi connectivity index (χ4v) is 7.11. The molecular formula is C36H54N2O2. The highest BCUT2D eigenvalue weighted by Gasteiger charge is 2.39. The minimum atomic E-state index is -0.352. The van der Waals surface area contributed by atoms with E-state index >= 15 is 0 Å². The summed E-state index contributed by atoms with van der Waals surface area (Å²) in [6.07, 6.45) is 17.8. The largest absolute Gasteiger partial charge is 0.483 e. The normalized spacial score (nSPS) is 20.7. The van der Waals surface area contributed by atoms with Gasteiger partial charge in [0.1, 0.15) is 17.1 Å². The van der Waals surface area contributed by atoms with Crippen molar-refractivity contribution < 1.29 is 9.53 Å². The van der Waals surface area contributed by atoms with Gasteiger partial charge in [-0.1, -0.05) is 64.9 Å². The third kappa shape index (κ3) is 7.59. The van der Waals surface area contributed by atoms with Gasteiger partial charge in [0.25, 0.3) is 0 Å². The number of likely N-dealkylation sites (tertiary alicyclic amines) is 1. The highest BCUT2D eigenvalue weighted by molar-refractivity contribution is 5.86. The summed E-state index contributed by atoms with van der Waals surface area (Å²) >= 11 is 0. The molecule has 4 rings (SSSR count). The van der Waals surface area contributed by atoms with Gasteiger partial charge in [-0.15, -0.1) is 6.42 Å². The number of carbonyl (C=O) groups is 1. The van der Waals surface area contributed by atoms with Crippen LogP contribution in [0.15, 0.2) is 17.7 Å². The van der Waals surface area contributed by atoms with Gasteiger partial charge < -0.3 is 9.64 Å². The van der Waals surface area contributed by atoms with Gasteiger partial charge in [-0.25, -0.2) is 0 Å². The van der Waals surface area contributed by atoms with E-state index in [2.05, 4.69) is 62.5 Å². The summed E-state index contributed by atoms with van der Waals surface area (Å²) in [5, 5.41) is 0. The second-order valence-corrected chi connectivity index (χ2v) is 13.3. The molecule has 0 saturated carbocycles. The van der Waals surface area contributed by atoms with Gasteiger partial charge in [0.2, 0.25) is 0 Å². The third-order valence-electron chi connectivity index (χ3n) is 9.75. The van der Waals surface area contributed by atoms with Crippen LogP contribution in [0.25, 0.3) is 5.57 Å². The molecule has 0 amide bonds. The molecule has 0 spiro atoms. The fourth-order valence-electron chi connectivity index (χ4n) is 7.11. The molecule has 3 aliphatic rings. The third-order valence-corrected chi connectivity index (χ3v) is 9.75. The number of Topliss-reactive ketones (excluding diaryl/α,β-unsaturated/α-hetero) is 1. The minimum Gasteiger partial charge on any atom is -0.483 e. The summed E-state index contributed by atoms with van der Waals surface area (Å²) in [6.45, 7) is 17.3. The van der Waals surface area contributed by atoms with Crippen LogP contribution < -0.4 is 4.74 Å². The van der Waals surface area contributed by atoms with Crippen LogP contribution in [0.1, 0.15) is 121 Å².